The Balaban J connectivity index is 1.40. The topological polar surface area (TPSA) is 111 Å². The van der Waals surface area contributed by atoms with Gasteiger partial charge in [-0.2, -0.15) is 5.10 Å². The second-order valence-corrected chi connectivity index (χ2v) is 8.41. The molecule has 9 nitrogen and oxygen atoms in total. The van der Waals surface area contributed by atoms with Crippen LogP contribution in [0.1, 0.15) is 83.1 Å². The molecule has 9 heteroatoms. The molecule has 0 bridgehead atoms. The van der Waals surface area contributed by atoms with Crippen molar-refractivity contribution in [3.8, 4) is 0 Å². The highest BCUT2D eigenvalue weighted by atomic mass is 16.5. The van der Waals surface area contributed by atoms with Crippen molar-refractivity contribution < 1.29 is 23.9 Å². The Morgan fingerprint density at radius 3 is 2.53 bits per heavy atom. The van der Waals surface area contributed by atoms with Crippen LogP contribution in [0.2, 0.25) is 0 Å². The van der Waals surface area contributed by atoms with Crippen LogP contribution in [0.25, 0.3) is 0 Å². The molecule has 2 aliphatic rings. The van der Waals surface area contributed by atoms with Crippen molar-refractivity contribution in [2.75, 3.05) is 11.9 Å². The van der Waals surface area contributed by atoms with E-state index >= 15 is 0 Å². The Labute approximate surface area is 185 Å². The van der Waals surface area contributed by atoms with Gasteiger partial charge in [0.25, 0.3) is 17.7 Å². The summed E-state index contributed by atoms with van der Waals surface area (Å²) in [5, 5.41) is 6.78. The van der Waals surface area contributed by atoms with Crippen LogP contribution in [0.5, 0.6) is 0 Å². The normalized spacial score (nSPS) is 16.4. The number of esters is 1. The van der Waals surface area contributed by atoms with E-state index in [1.165, 1.54) is 23.1 Å². The van der Waals surface area contributed by atoms with Crippen LogP contribution in [0.3, 0.4) is 0 Å². The number of nitrogens with one attached hydrogen (secondary N) is 1. The van der Waals surface area contributed by atoms with Gasteiger partial charge in [-0.25, -0.2) is 9.48 Å². The summed E-state index contributed by atoms with van der Waals surface area (Å²) in [4.78, 5) is 51.6. The molecule has 1 N–H and O–H groups in total. The summed E-state index contributed by atoms with van der Waals surface area (Å²) in [6, 6.07) is 5.93. The van der Waals surface area contributed by atoms with E-state index in [1.807, 2.05) is 13.8 Å². The SMILES string of the molecule is CC(C)n1nccc1NC(=O)COC(=O)c1ccc2c(c1)C(=O)N(C1CCCCC1)C2=O. The van der Waals surface area contributed by atoms with Gasteiger partial charge in [-0.1, -0.05) is 19.3 Å². The Kier molecular flexibility index (Phi) is 6.07. The molecule has 1 fully saturated rings. The van der Waals surface area contributed by atoms with E-state index in [4.69, 9.17) is 4.74 Å². The number of imide groups is 1. The molecule has 0 unspecified atom stereocenters. The quantitative estimate of drug-likeness (QED) is 0.548. The largest absolute Gasteiger partial charge is 0.452 e. The average molecular weight is 438 g/mol. The molecule has 0 atom stereocenters. The fraction of sp³-hybridized carbons (Fsp3) is 0.435. The molecule has 2 aromatic rings. The molecule has 2 heterocycles. The lowest BCUT2D eigenvalue weighted by molar-refractivity contribution is -0.119. The fourth-order valence-corrected chi connectivity index (χ4v) is 4.28. The lowest BCUT2D eigenvalue weighted by atomic mass is 9.94. The van der Waals surface area contributed by atoms with Crippen molar-refractivity contribution >= 4 is 29.5 Å². The van der Waals surface area contributed by atoms with Crippen LogP contribution >= 0.6 is 0 Å². The minimum absolute atomic E-state index is 0.0580. The van der Waals surface area contributed by atoms with Crippen LogP contribution in [-0.4, -0.2) is 51.0 Å². The van der Waals surface area contributed by atoms with Crippen LogP contribution < -0.4 is 5.32 Å². The molecule has 168 valence electrons. The summed E-state index contributed by atoms with van der Waals surface area (Å²) in [7, 11) is 0. The van der Waals surface area contributed by atoms with Crippen molar-refractivity contribution in [3.05, 3.63) is 47.2 Å². The van der Waals surface area contributed by atoms with Crippen LogP contribution in [-0.2, 0) is 9.53 Å². The number of rotatable bonds is 6. The number of amides is 3. The van der Waals surface area contributed by atoms with Gasteiger partial charge in [0.2, 0.25) is 0 Å². The highest BCUT2D eigenvalue weighted by Gasteiger charge is 2.40. The number of benzene rings is 1. The smallest absolute Gasteiger partial charge is 0.338 e. The third kappa shape index (κ3) is 4.15. The van der Waals surface area contributed by atoms with Gasteiger partial charge >= 0.3 is 5.97 Å². The maximum atomic E-state index is 12.9. The summed E-state index contributed by atoms with van der Waals surface area (Å²) in [5.41, 5.74) is 0.632. The number of anilines is 1. The van der Waals surface area contributed by atoms with E-state index in [0.717, 1.165) is 32.1 Å². The van der Waals surface area contributed by atoms with Crippen LogP contribution in [0, 0.1) is 0 Å². The van der Waals surface area contributed by atoms with E-state index in [0.29, 0.717) is 11.4 Å². The number of hydrogen-bond donors (Lipinski definition) is 1. The molecule has 3 amide bonds. The molecule has 0 saturated heterocycles. The molecule has 1 aliphatic heterocycles. The Bertz CT molecular complexity index is 1070. The van der Waals surface area contributed by atoms with E-state index in [2.05, 4.69) is 10.4 Å². The third-order valence-electron chi connectivity index (χ3n) is 5.85. The molecule has 1 aromatic carbocycles. The number of ether oxygens (including phenoxy) is 1. The minimum atomic E-state index is -0.739. The van der Waals surface area contributed by atoms with E-state index in [9.17, 15) is 19.2 Å². The summed E-state index contributed by atoms with van der Waals surface area (Å²) in [6.45, 7) is 3.37. The van der Waals surface area contributed by atoms with Crippen molar-refractivity contribution in [2.45, 2.75) is 58.0 Å². The van der Waals surface area contributed by atoms with Gasteiger partial charge < -0.3 is 10.1 Å². The highest BCUT2D eigenvalue weighted by Crippen LogP contribution is 2.31. The zero-order valence-electron chi connectivity index (χ0n) is 18.2. The van der Waals surface area contributed by atoms with Crippen molar-refractivity contribution in [2.24, 2.45) is 0 Å². The molecule has 0 spiro atoms. The first-order valence-electron chi connectivity index (χ1n) is 10.9. The standard InChI is InChI=1S/C23H26N4O5/c1-14(2)27-19(10-11-24-27)25-20(28)13-32-23(31)15-8-9-17-18(12-15)22(30)26(21(17)29)16-6-4-3-5-7-16/h8-12,14,16H,3-7,13H2,1-2H3,(H,25,28). The first kappa shape index (κ1) is 21.7. The van der Waals surface area contributed by atoms with E-state index in [1.54, 1.807) is 16.9 Å². The lowest BCUT2D eigenvalue weighted by Gasteiger charge is -2.29. The number of carbonyl (C=O) groups excluding carboxylic acids is 4. The predicted molar refractivity (Wildman–Crippen MR) is 115 cm³/mol. The zero-order valence-corrected chi connectivity index (χ0v) is 18.2. The highest BCUT2D eigenvalue weighted by molar-refractivity contribution is 6.22. The number of aromatic nitrogens is 2. The summed E-state index contributed by atoms with van der Waals surface area (Å²) in [6.07, 6.45) is 6.30. The Hall–Kier alpha value is -3.49. The van der Waals surface area contributed by atoms with E-state index < -0.39 is 18.5 Å². The van der Waals surface area contributed by atoms with Crippen LogP contribution in [0.4, 0.5) is 5.82 Å². The molecule has 1 aliphatic carbocycles. The molecule has 0 radical (unpaired) electrons. The third-order valence-corrected chi connectivity index (χ3v) is 5.85. The maximum absolute atomic E-state index is 12.9. The van der Waals surface area contributed by atoms with Gasteiger partial charge in [0.15, 0.2) is 6.61 Å². The molecular formula is C23H26N4O5. The maximum Gasteiger partial charge on any atom is 0.338 e. The van der Waals surface area contributed by atoms with Gasteiger partial charge in [-0.15, -0.1) is 0 Å². The monoisotopic (exact) mass is 438 g/mol. The number of nitrogens with zero attached hydrogens (tertiary/aromatic N) is 3. The minimum Gasteiger partial charge on any atom is -0.452 e. The predicted octanol–water partition coefficient (Wildman–Crippen LogP) is 3.19. The molecule has 1 aromatic heterocycles. The Morgan fingerprint density at radius 1 is 1.09 bits per heavy atom. The second-order valence-electron chi connectivity index (χ2n) is 8.41. The fourth-order valence-electron chi connectivity index (χ4n) is 4.28. The van der Waals surface area contributed by atoms with Gasteiger partial charge in [-0.05, 0) is 44.9 Å². The number of hydrogen-bond acceptors (Lipinski definition) is 6. The van der Waals surface area contributed by atoms with Crippen LogP contribution in [0.15, 0.2) is 30.5 Å². The van der Waals surface area contributed by atoms with Crippen molar-refractivity contribution in [1.29, 1.82) is 0 Å². The average Bonchev–Trinajstić information content (AvgIpc) is 3.35. The molecule has 32 heavy (non-hydrogen) atoms. The van der Waals surface area contributed by atoms with Crippen molar-refractivity contribution in [3.63, 3.8) is 0 Å². The van der Waals surface area contributed by atoms with E-state index in [-0.39, 0.29) is 35.0 Å². The second kappa shape index (κ2) is 8.94. The molecule has 1 saturated carbocycles. The number of carbonyl (C=O) groups is 4. The zero-order chi connectivity index (χ0) is 22.8. The summed E-state index contributed by atoms with van der Waals surface area (Å²) in [5.74, 6) is -1.41. The summed E-state index contributed by atoms with van der Waals surface area (Å²) >= 11 is 0. The van der Waals surface area contributed by atoms with Gasteiger partial charge in [0, 0.05) is 18.2 Å². The lowest BCUT2D eigenvalue weighted by Crippen LogP contribution is -2.40. The molecular weight excluding hydrogens is 412 g/mol. The van der Waals surface area contributed by atoms with Gasteiger partial charge in [-0.3, -0.25) is 19.3 Å². The van der Waals surface area contributed by atoms with Gasteiger partial charge in [0.1, 0.15) is 5.82 Å². The van der Waals surface area contributed by atoms with Crippen molar-refractivity contribution in [1.82, 2.24) is 14.7 Å². The number of fused-ring (bicyclic) bond motifs is 1. The Morgan fingerprint density at radius 2 is 1.81 bits per heavy atom. The first-order chi connectivity index (χ1) is 15.4. The summed E-state index contributed by atoms with van der Waals surface area (Å²) < 4.78 is 6.75. The van der Waals surface area contributed by atoms with Gasteiger partial charge in [0.05, 0.1) is 22.9 Å². The molecule has 4 rings (SSSR count). The first-order valence-corrected chi connectivity index (χ1v) is 10.9.